The Balaban J connectivity index is 1.83. The topological polar surface area (TPSA) is 92.9 Å². The van der Waals surface area contributed by atoms with E-state index in [1.165, 1.54) is 0 Å². The van der Waals surface area contributed by atoms with Crippen LogP contribution in [0.3, 0.4) is 0 Å². The summed E-state index contributed by atoms with van der Waals surface area (Å²) in [6.07, 6.45) is 3.25. The summed E-state index contributed by atoms with van der Waals surface area (Å²) in [4.78, 5) is 20.2. The van der Waals surface area contributed by atoms with Crippen molar-refractivity contribution in [2.75, 3.05) is 5.32 Å². The second-order valence-electron chi connectivity index (χ2n) is 5.28. The van der Waals surface area contributed by atoms with Crippen LogP contribution < -0.4 is 5.32 Å². The van der Waals surface area contributed by atoms with Gasteiger partial charge in [0.05, 0.1) is 5.69 Å². The first kappa shape index (κ1) is 14.1. The van der Waals surface area contributed by atoms with E-state index in [0.717, 1.165) is 5.56 Å². The first-order valence-electron chi connectivity index (χ1n) is 7.37. The molecule has 3 aromatic rings. The molecular weight excluding hydrogens is 306 g/mol. The number of carboxylic acid groups (broad SMARTS) is 1. The first-order valence-corrected chi connectivity index (χ1v) is 7.37. The number of carbonyl (C=O) groups is 1. The average molecular weight is 319 g/mol. The minimum Gasteiger partial charge on any atom is -0.477 e. The summed E-state index contributed by atoms with van der Waals surface area (Å²) in [5, 5.41) is 16.7. The van der Waals surface area contributed by atoms with E-state index in [4.69, 9.17) is 0 Å². The Hall–Kier alpha value is -3.48. The molecule has 2 N–H and O–H groups in total. The number of rotatable bonds is 3. The number of fused-ring (bicyclic) bond motifs is 1. The minimum absolute atomic E-state index is 0.0603. The van der Waals surface area contributed by atoms with Crippen LogP contribution in [-0.2, 0) is 4.79 Å². The van der Waals surface area contributed by atoms with Crippen molar-refractivity contribution in [1.29, 1.82) is 0 Å². The van der Waals surface area contributed by atoms with Crippen LogP contribution in [0.15, 0.2) is 66.5 Å². The van der Waals surface area contributed by atoms with Gasteiger partial charge in [-0.1, -0.05) is 36.4 Å². The van der Waals surface area contributed by atoms with Gasteiger partial charge in [0.2, 0.25) is 5.95 Å². The maximum atomic E-state index is 11.4. The van der Waals surface area contributed by atoms with Crippen molar-refractivity contribution in [2.24, 2.45) is 0 Å². The third-order valence-corrected chi connectivity index (χ3v) is 3.72. The largest absolute Gasteiger partial charge is 0.477 e. The van der Waals surface area contributed by atoms with Gasteiger partial charge in [0.15, 0.2) is 5.82 Å². The van der Waals surface area contributed by atoms with Crippen molar-refractivity contribution in [3.05, 3.63) is 72.2 Å². The number of aromatic nitrogens is 4. The zero-order chi connectivity index (χ0) is 16.5. The molecule has 2 aromatic heterocycles. The standard InChI is InChI=1S/C17H13N5O2/c23-16(24)13-10-14(12-8-4-5-9-18-12)22-17(19-13)20-15(21-22)11-6-2-1-3-7-11/h1-10,14H,(H,23,24)(H,19,20,21)/t14-/m1/s1. The molecule has 0 aliphatic carbocycles. The van der Waals surface area contributed by atoms with Gasteiger partial charge < -0.3 is 10.4 Å². The number of hydrogen-bond donors (Lipinski definition) is 2. The lowest BCUT2D eigenvalue weighted by Crippen LogP contribution is -2.24. The Labute approximate surface area is 137 Å². The maximum absolute atomic E-state index is 11.4. The summed E-state index contributed by atoms with van der Waals surface area (Å²) in [6.45, 7) is 0. The molecule has 0 unspecified atom stereocenters. The van der Waals surface area contributed by atoms with E-state index < -0.39 is 12.0 Å². The van der Waals surface area contributed by atoms with Crippen molar-refractivity contribution >= 4 is 11.9 Å². The second kappa shape index (κ2) is 5.62. The highest BCUT2D eigenvalue weighted by Crippen LogP contribution is 2.29. The molecule has 7 heteroatoms. The number of benzene rings is 1. The Morgan fingerprint density at radius 3 is 2.62 bits per heavy atom. The molecule has 118 valence electrons. The van der Waals surface area contributed by atoms with Crippen molar-refractivity contribution in [3.8, 4) is 11.4 Å². The third-order valence-electron chi connectivity index (χ3n) is 3.72. The molecule has 24 heavy (non-hydrogen) atoms. The number of nitrogens with zero attached hydrogens (tertiary/aromatic N) is 4. The lowest BCUT2D eigenvalue weighted by Gasteiger charge is -2.21. The van der Waals surface area contributed by atoms with Gasteiger partial charge in [0, 0.05) is 11.8 Å². The van der Waals surface area contributed by atoms with Crippen LogP contribution >= 0.6 is 0 Å². The smallest absolute Gasteiger partial charge is 0.352 e. The second-order valence-corrected chi connectivity index (χ2v) is 5.28. The van der Waals surface area contributed by atoms with Crippen molar-refractivity contribution in [3.63, 3.8) is 0 Å². The third kappa shape index (κ3) is 2.41. The number of carboxylic acids is 1. The van der Waals surface area contributed by atoms with Crippen molar-refractivity contribution < 1.29 is 9.90 Å². The number of allylic oxidation sites excluding steroid dienone is 1. The Morgan fingerprint density at radius 1 is 1.12 bits per heavy atom. The highest BCUT2D eigenvalue weighted by molar-refractivity contribution is 5.90. The van der Waals surface area contributed by atoms with Crippen LogP contribution in [0.5, 0.6) is 0 Å². The van der Waals surface area contributed by atoms with Crippen LogP contribution in [-0.4, -0.2) is 30.8 Å². The predicted molar refractivity (Wildman–Crippen MR) is 87.2 cm³/mol. The molecule has 4 rings (SSSR count). The van der Waals surface area contributed by atoms with Gasteiger partial charge in [-0.3, -0.25) is 4.98 Å². The lowest BCUT2D eigenvalue weighted by molar-refractivity contribution is -0.132. The summed E-state index contributed by atoms with van der Waals surface area (Å²) >= 11 is 0. The zero-order valence-corrected chi connectivity index (χ0v) is 12.5. The molecule has 0 bridgehead atoms. The highest BCUT2D eigenvalue weighted by atomic mass is 16.4. The van der Waals surface area contributed by atoms with E-state index in [1.807, 2.05) is 48.5 Å². The first-order chi connectivity index (χ1) is 11.7. The molecule has 1 atom stereocenters. The van der Waals surface area contributed by atoms with E-state index in [1.54, 1.807) is 17.0 Å². The Kier molecular flexibility index (Phi) is 3.31. The molecule has 0 spiro atoms. The minimum atomic E-state index is -1.05. The average Bonchev–Trinajstić information content (AvgIpc) is 3.06. The molecule has 0 amide bonds. The number of hydrogen-bond acceptors (Lipinski definition) is 5. The molecule has 0 saturated carbocycles. The molecule has 0 fully saturated rings. The molecule has 0 radical (unpaired) electrons. The molecular formula is C17H13N5O2. The normalized spacial score (nSPS) is 16.0. The van der Waals surface area contributed by atoms with Crippen LogP contribution in [0, 0.1) is 0 Å². The van der Waals surface area contributed by atoms with Crippen LogP contribution in [0.4, 0.5) is 5.95 Å². The summed E-state index contributed by atoms with van der Waals surface area (Å²) in [7, 11) is 0. The van der Waals surface area contributed by atoms with Crippen LogP contribution in [0.2, 0.25) is 0 Å². The van der Waals surface area contributed by atoms with Gasteiger partial charge in [-0.15, -0.1) is 5.10 Å². The van der Waals surface area contributed by atoms with E-state index in [9.17, 15) is 9.90 Å². The molecule has 0 saturated heterocycles. The number of aliphatic carboxylic acids is 1. The fraction of sp³-hybridized carbons (Fsp3) is 0.0588. The zero-order valence-electron chi connectivity index (χ0n) is 12.5. The van der Waals surface area contributed by atoms with Gasteiger partial charge in [-0.05, 0) is 18.2 Å². The monoisotopic (exact) mass is 319 g/mol. The van der Waals surface area contributed by atoms with E-state index in [0.29, 0.717) is 17.5 Å². The number of nitrogens with one attached hydrogen (secondary N) is 1. The van der Waals surface area contributed by atoms with Crippen LogP contribution in [0.25, 0.3) is 11.4 Å². The van der Waals surface area contributed by atoms with E-state index >= 15 is 0 Å². The fourth-order valence-electron chi connectivity index (χ4n) is 2.59. The maximum Gasteiger partial charge on any atom is 0.352 e. The summed E-state index contributed by atoms with van der Waals surface area (Å²) < 4.78 is 1.65. The van der Waals surface area contributed by atoms with Gasteiger partial charge in [0.1, 0.15) is 11.7 Å². The lowest BCUT2D eigenvalue weighted by atomic mass is 10.1. The highest BCUT2D eigenvalue weighted by Gasteiger charge is 2.28. The molecule has 7 nitrogen and oxygen atoms in total. The predicted octanol–water partition coefficient (Wildman–Crippen LogP) is 2.32. The summed E-state index contributed by atoms with van der Waals surface area (Å²) in [5.41, 5.74) is 1.62. The quantitative estimate of drug-likeness (QED) is 0.769. The fourth-order valence-corrected chi connectivity index (χ4v) is 2.59. The van der Waals surface area contributed by atoms with Crippen molar-refractivity contribution in [2.45, 2.75) is 6.04 Å². The molecule has 1 aromatic carbocycles. The van der Waals surface area contributed by atoms with Gasteiger partial charge in [-0.25, -0.2) is 9.48 Å². The SMILES string of the molecule is O=C(O)C1=C[C@H](c2ccccn2)n2nc(-c3ccccc3)nc2N1. The van der Waals surface area contributed by atoms with Crippen LogP contribution in [0.1, 0.15) is 11.7 Å². The van der Waals surface area contributed by atoms with Gasteiger partial charge in [0.25, 0.3) is 0 Å². The van der Waals surface area contributed by atoms with E-state index in [2.05, 4.69) is 20.4 Å². The Bertz CT molecular complexity index is 919. The summed E-state index contributed by atoms with van der Waals surface area (Å²) in [6, 6.07) is 14.6. The van der Waals surface area contributed by atoms with Gasteiger partial charge >= 0.3 is 5.97 Å². The number of anilines is 1. The Morgan fingerprint density at radius 2 is 1.92 bits per heavy atom. The van der Waals surface area contributed by atoms with Gasteiger partial charge in [-0.2, -0.15) is 4.98 Å². The molecule has 1 aliphatic heterocycles. The number of pyridine rings is 1. The molecule has 3 heterocycles. The molecule has 1 aliphatic rings. The summed E-state index contributed by atoms with van der Waals surface area (Å²) in [5.74, 6) is -0.144. The van der Waals surface area contributed by atoms with Crippen molar-refractivity contribution in [1.82, 2.24) is 19.7 Å². The van der Waals surface area contributed by atoms with E-state index in [-0.39, 0.29) is 5.70 Å².